The van der Waals surface area contributed by atoms with E-state index < -0.39 is 12.1 Å². The quantitative estimate of drug-likeness (QED) is 0.743. The fraction of sp³-hybridized carbons (Fsp3) is 0.600. The largest absolute Gasteiger partial charge is 0.337 e. The lowest BCUT2D eigenvalue weighted by Crippen LogP contribution is -2.51. The van der Waals surface area contributed by atoms with Crippen LogP contribution in [0.5, 0.6) is 0 Å². The second kappa shape index (κ2) is 6.69. The Kier molecular flexibility index (Phi) is 4.60. The second-order valence-corrected chi connectivity index (χ2v) is 6.36. The summed E-state index contributed by atoms with van der Waals surface area (Å²) in [6.45, 7) is 5.38. The summed E-state index contributed by atoms with van der Waals surface area (Å²) in [5.74, 6) is -0.949. The zero-order chi connectivity index (χ0) is 18.1. The van der Waals surface area contributed by atoms with Crippen molar-refractivity contribution in [1.82, 2.24) is 24.8 Å². The third kappa shape index (κ3) is 3.42. The summed E-state index contributed by atoms with van der Waals surface area (Å²) < 4.78 is 15.4. The Hall–Kier alpha value is -2.65. The number of alkyl halides is 1. The highest BCUT2D eigenvalue weighted by Gasteiger charge is 2.33. The zero-order valence-electron chi connectivity index (χ0n) is 14.4. The summed E-state index contributed by atoms with van der Waals surface area (Å²) in [6, 6.07) is 0. The average molecular weight is 349 g/mol. The molecule has 0 saturated carbocycles. The number of rotatable bonds is 2. The molecule has 10 heteroatoms. The van der Waals surface area contributed by atoms with Crippen LogP contribution in [0.4, 0.5) is 4.39 Å². The number of aryl methyl sites for hydroxylation is 1. The van der Waals surface area contributed by atoms with E-state index >= 15 is 0 Å². The molecule has 1 fully saturated rings. The molecule has 0 bridgehead atoms. The summed E-state index contributed by atoms with van der Waals surface area (Å²) in [4.78, 5) is 35.6. The van der Waals surface area contributed by atoms with Crippen LogP contribution < -0.4 is 0 Å². The molecule has 0 spiro atoms. The molecule has 0 radical (unpaired) electrons. The molecular weight excluding hydrogens is 329 g/mol. The Morgan fingerprint density at radius 3 is 2.48 bits per heavy atom. The first kappa shape index (κ1) is 17.2. The van der Waals surface area contributed by atoms with Crippen molar-refractivity contribution in [2.24, 2.45) is 23.0 Å². The van der Waals surface area contributed by atoms with Gasteiger partial charge in [-0.15, -0.1) is 5.10 Å². The van der Waals surface area contributed by atoms with Gasteiger partial charge in [0.2, 0.25) is 12.1 Å². The van der Waals surface area contributed by atoms with Crippen LogP contribution in [0.25, 0.3) is 0 Å². The molecule has 2 aliphatic heterocycles. The van der Waals surface area contributed by atoms with Crippen LogP contribution >= 0.6 is 0 Å². The highest BCUT2D eigenvalue weighted by molar-refractivity contribution is 6.18. The molecule has 1 saturated heterocycles. The number of guanidine groups is 1. The highest BCUT2D eigenvalue weighted by atomic mass is 19.1. The minimum Gasteiger partial charge on any atom is -0.337 e. The van der Waals surface area contributed by atoms with E-state index in [0.717, 1.165) is 0 Å². The van der Waals surface area contributed by atoms with Crippen LogP contribution in [0.15, 0.2) is 16.2 Å². The van der Waals surface area contributed by atoms with E-state index in [1.165, 1.54) is 4.68 Å². The molecule has 25 heavy (non-hydrogen) atoms. The van der Waals surface area contributed by atoms with Crippen molar-refractivity contribution in [1.29, 1.82) is 0 Å². The average Bonchev–Trinajstić information content (AvgIpc) is 3.03. The molecule has 0 N–H and O–H groups in total. The molecule has 3 rings (SSSR count). The number of amides is 2. The van der Waals surface area contributed by atoms with Gasteiger partial charge < -0.3 is 9.80 Å². The number of carbonyl (C=O) groups excluding carboxylic acids is 2. The van der Waals surface area contributed by atoms with E-state index in [1.807, 2.05) is 0 Å². The molecule has 2 aliphatic rings. The molecule has 9 nitrogen and oxygen atoms in total. The van der Waals surface area contributed by atoms with Gasteiger partial charge in [0, 0.05) is 33.2 Å². The Bertz CT molecular complexity index is 747. The first-order valence-electron chi connectivity index (χ1n) is 8.12. The Morgan fingerprint density at radius 2 is 1.92 bits per heavy atom. The minimum atomic E-state index is -1.76. The number of aromatic nitrogens is 3. The fourth-order valence-corrected chi connectivity index (χ4v) is 2.76. The van der Waals surface area contributed by atoms with Crippen molar-refractivity contribution < 1.29 is 14.0 Å². The molecule has 0 aliphatic carbocycles. The van der Waals surface area contributed by atoms with Crippen molar-refractivity contribution in [3.8, 4) is 0 Å². The van der Waals surface area contributed by atoms with Crippen molar-refractivity contribution in [3.05, 3.63) is 11.9 Å². The summed E-state index contributed by atoms with van der Waals surface area (Å²) in [6.07, 6.45) is -0.192. The van der Waals surface area contributed by atoms with Crippen LogP contribution in [-0.2, 0) is 11.8 Å². The topological polar surface area (TPSA) is 96.1 Å². The fourth-order valence-electron chi connectivity index (χ4n) is 2.76. The normalized spacial score (nSPS) is 21.5. The van der Waals surface area contributed by atoms with E-state index in [4.69, 9.17) is 0 Å². The molecule has 1 atom stereocenters. The smallest absolute Gasteiger partial charge is 0.289 e. The van der Waals surface area contributed by atoms with Crippen LogP contribution in [0.2, 0.25) is 0 Å². The molecular formula is C15H20FN7O2. The number of halogens is 1. The predicted molar refractivity (Wildman–Crippen MR) is 88.1 cm³/mol. The van der Waals surface area contributed by atoms with Gasteiger partial charge in [0.15, 0.2) is 5.69 Å². The Balaban J connectivity index is 1.67. The van der Waals surface area contributed by atoms with Gasteiger partial charge in [-0.25, -0.2) is 9.38 Å². The summed E-state index contributed by atoms with van der Waals surface area (Å²) >= 11 is 0. The molecule has 0 aromatic carbocycles. The molecule has 2 amide bonds. The first-order chi connectivity index (χ1) is 11.9. The van der Waals surface area contributed by atoms with Crippen molar-refractivity contribution >= 4 is 23.5 Å². The lowest BCUT2D eigenvalue weighted by molar-refractivity contribution is -0.120. The number of hydrogen-bond acceptors (Lipinski definition) is 6. The number of carbonyl (C=O) groups is 2. The first-order valence-corrected chi connectivity index (χ1v) is 8.12. The molecule has 1 aromatic rings. The SMILES string of the molecule is CC(C)C1=NC(N2CCN(C(=O)c3cn(C)nn3)CC2)=NC(=O)C1F. The minimum absolute atomic E-state index is 0.177. The van der Waals surface area contributed by atoms with Crippen LogP contribution in [0.3, 0.4) is 0 Å². The number of aliphatic imine (C=N–C) groups is 2. The zero-order valence-corrected chi connectivity index (χ0v) is 14.4. The lowest BCUT2D eigenvalue weighted by Gasteiger charge is -2.35. The summed E-state index contributed by atoms with van der Waals surface area (Å²) in [5.41, 5.74) is 0.495. The third-order valence-corrected chi connectivity index (χ3v) is 4.18. The maximum Gasteiger partial charge on any atom is 0.289 e. The number of hydrogen-bond donors (Lipinski definition) is 0. The number of piperazine rings is 1. The highest BCUT2D eigenvalue weighted by Crippen LogP contribution is 2.16. The van der Waals surface area contributed by atoms with E-state index in [0.29, 0.717) is 31.9 Å². The maximum atomic E-state index is 13.9. The van der Waals surface area contributed by atoms with Gasteiger partial charge in [0.25, 0.3) is 11.8 Å². The second-order valence-electron chi connectivity index (χ2n) is 6.36. The third-order valence-electron chi connectivity index (χ3n) is 4.18. The standard InChI is InChI=1S/C15H20FN7O2/c1-9(2)12-11(16)13(24)18-15(17-12)23-6-4-22(5-7-23)14(25)10-8-21(3)20-19-10/h8-9,11H,4-7H2,1-3H3. The molecule has 1 aromatic heterocycles. The monoisotopic (exact) mass is 349 g/mol. The number of nitrogens with zero attached hydrogens (tertiary/aromatic N) is 7. The molecule has 134 valence electrons. The van der Waals surface area contributed by atoms with Gasteiger partial charge in [-0.05, 0) is 5.92 Å². The Labute approximate surface area is 144 Å². The summed E-state index contributed by atoms with van der Waals surface area (Å²) in [7, 11) is 1.70. The van der Waals surface area contributed by atoms with Crippen LogP contribution in [0.1, 0.15) is 24.3 Å². The van der Waals surface area contributed by atoms with E-state index in [2.05, 4.69) is 20.3 Å². The van der Waals surface area contributed by atoms with E-state index in [9.17, 15) is 14.0 Å². The summed E-state index contributed by atoms with van der Waals surface area (Å²) in [5, 5.41) is 7.58. The Morgan fingerprint density at radius 1 is 1.24 bits per heavy atom. The maximum absolute atomic E-state index is 13.9. The van der Waals surface area contributed by atoms with Gasteiger partial charge in [0.05, 0.1) is 11.9 Å². The van der Waals surface area contributed by atoms with Gasteiger partial charge in [-0.1, -0.05) is 19.1 Å². The lowest BCUT2D eigenvalue weighted by atomic mass is 10.0. The van der Waals surface area contributed by atoms with Gasteiger partial charge in [-0.3, -0.25) is 14.3 Å². The van der Waals surface area contributed by atoms with Crippen molar-refractivity contribution in [2.45, 2.75) is 20.0 Å². The van der Waals surface area contributed by atoms with Crippen LogP contribution in [0, 0.1) is 5.92 Å². The molecule has 1 unspecified atom stereocenters. The van der Waals surface area contributed by atoms with Gasteiger partial charge in [0.1, 0.15) is 0 Å². The molecule has 3 heterocycles. The predicted octanol–water partition coefficient (Wildman–Crippen LogP) is -0.0958. The van der Waals surface area contributed by atoms with E-state index in [1.54, 1.807) is 36.9 Å². The van der Waals surface area contributed by atoms with Crippen molar-refractivity contribution in [3.63, 3.8) is 0 Å². The van der Waals surface area contributed by atoms with Gasteiger partial charge in [-0.2, -0.15) is 4.99 Å². The van der Waals surface area contributed by atoms with Gasteiger partial charge >= 0.3 is 0 Å². The van der Waals surface area contributed by atoms with Crippen molar-refractivity contribution in [2.75, 3.05) is 26.2 Å². The van der Waals surface area contributed by atoms with Crippen LogP contribution in [-0.4, -0.2) is 80.6 Å². The van der Waals surface area contributed by atoms with E-state index in [-0.39, 0.29) is 23.5 Å².